The average molecular weight is 534 g/mol. The first-order chi connectivity index (χ1) is 17.8. The highest BCUT2D eigenvalue weighted by Gasteiger charge is 2.48. The third-order valence-corrected chi connectivity index (χ3v) is 6.43. The van der Waals surface area contributed by atoms with Crippen LogP contribution in [0.4, 0.5) is 0 Å². The average Bonchev–Trinajstić information content (AvgIpc) is 3.24. The Bertz CT molecular complexity index is 997. The zero-order chi connectivity index (χ0) is 28.6. The number of nitrogens with zero attached hydrogens (tertiary/aromatic N) is 1. The fraction of sp³-hybridized carbons (Fsp3) is 0.593. The fourth-order valence-electron chi connectivity index (χ4n) is 4.32. The van der Waals surface area contributed by atoms with Gasteiger partial charge in [0.15, 0.2) is 0 Å². The van der Waals surface area contributed by atoms with Gasteiger partial charge in [-0.15, -0.1) is 0 Å². The van der Waals surface area contributed by atoms with E-state index < -0.39 is 66.5 Å². The van der Waals surface area contributed by atoms with Gasteiger partial charge in [0.05, 0.1) is 12.5 Å². The third-order valence-electron chi connectivity index (χ3n) is 6.43. The molecule has 1 aliphatic rings. The van der Waals surface area contributed by atoms with Gasteiger partial charge in [0.1, 0.15) is 24.3 Å². The van der Waals surface area contributed by atoms with Crippen molar-refractivity contribution in [1.82, 2.24) is 10.2 Å². The molecule has 11 heteroatoms. The van der Waals surface area contributed by atoms with Crippen LogP contribution >= 0.6 is 0 Å². The number of hydrogen-bond donors (Lipinski definition) is 3. The van der Waals surface area contributed by atoms with Gasteiger partial charge in [-0.1, -0.05) is 58.0 Å². The van der Waals surface area contributed by atoms with Gasteiger partial charge < -0.3 is 30.5 Å². The minimum atomic E-state index is -1.36. The molecule has 1 saturated heterocycles. The molecule has 0 bridgehead atoms. The molecule has 0 spiro atoms. The van der Waals surface area contributed by atoms with Crippen molar-refractivity contribution in [2.45, 2.75) is 84.2 Å². The number of esters is 2. The number of carbonyl (C=O) groups is 5. The van der Waals surface area contributed by atoms with E-state index >= 15 is 0 Å². The minimum absolute atomic E-state index is 0.108. The first-order valence-electron chi connectivity index (χ1n) is 12.8. The molecule has 2 amide bonds. The van der Waals surface area contributed by atoms with Gasteiger partial charge in [0.2, 0.25) is 11.8 Å². The number of carbonyl (C=O) groups excluding carboxylic acids is 4. The van der Waals surface area contributed by atoms with Gasteiger partial charge in [0, 0.05) is 32.2 Å². The molecule has 1 aromatic carbocycles. The minimum Gasteiger partial charge on any atom is -0.481 e. The van der Waals surface area contributed by atoms with E-state index in [0.717, 1.165) is 5.56 Å². The lowest BCUT2D eigenvalue weighted by Crippen LogP contribution is -2.56. The fourth-order valence-corrected chi connectivity index (χ4v) is 4.32. The second-order valence-electron chi connectivity index (χ2n) is 10.2. The summed E-state index contributed by atoms with van der Waals surface area (Å²) < 4.78 is 11.1. The third kappa shape index (κ3) is 8.54. The Hall–Kier alpha value is -3.47. The van der Waals surface area contributed by atoms with Crippen molar-refractivity contribution in [1.29, 1.82) is 0 Å². The maximum atomic E-state index is 13.4. The maximum absolute atomic E-state index is 13.4. The van der Waals surface area contributed by atoms with Crippen molar-refractivity contribution in [3.05, 3.63) is 35.9 Å². The Labute approximate surface area is 223 Å². The van der Waals surface area contributed by atoms with E-state index in [-0.39, 0.29) is 31.2 Å². The molecule has 0 radical (unpaired) electrons. The predicted octanol–water partition coefficient (Wildman–Crippen LogP) is 1.27. The lowest BCUT2D eigenvalue weighted by atomic mass is 9.99. The quantitative estimate of drug-likeness (QED) is 0.335. The van der Waals surface area contributed by atoms with Gasteiger partial charge in [-0.3, -0.25) is 19.2 Å². The Morgan fingerprint density at radius 3 is 2.26 bits per heavy atom. The van der Waals surface area contributed by atoms with E-state index in [2.05, 4.69) is 5.32 Å². The van der Waals surface area contributed by atoms with Crippen LogP contribution in [0.5, 0.6) is 0 Å². The Kier molecular flexibility index (Phi) is 11.2. The highest BCUT2D eigenvalue weighted by molar-refractivity contribution is 5.86. The summed E-state index contributed by atoms with van der Waals surface area (Å²) in [6.07, 6.45) is -2.57. The van der Waals surface area contributed by atoms with Crippen LogP contribution in [0.3, 0.4) is 0 Å². The van der Waals surface area contributed by atoms with E-state index in [0.29, 0.717) is 0 Å². The molecular formula is C27H39N3O8. The topological polar surface area (TPSA) is 165 Å². The predicted molar refractivity (Wildman–Crippen MR) is 138 cm³/mol. The zero-order valence-electron chi connectivity index (χ0n) is 22.6. The van der Waals surface area contributed by atoms with Crippen LogP contribution in [0.2, 0.25) is 0 Å². The molecule has 38 heavy (non-hydrogen) atoms. The number of hydrogen-bond acceptors (Lipinski definition) is 8. The second-order valence-corrected chi connectivity index (χ2v) is 10.2. The van der Waals surface area contributed by atoms with Crippen molar-refractivity contribution in [2.24, 2.45) is 17.6 Å². The summed E-state index contributed by atoms with van der Waals surface area (Å²) in [4.78, 5) is 64.1. The number of aliphatic carboxylic acids is 1. The lowest BCUT2D eigenvalue weighted by molar-refractivity contribution is -0.167. The number of carboxylic acids is 1. The van der Waals surface area contributed by atoms with Crippen LogP contribution in [-0.2, 0) is 39.9 Å². The molecule has 1 fully saturated rings. The van der Waals surface area contributed by atoms with Crippen LogP contribution < -0.4 is 11.1 Å². The number of amides is 2. The molecule has 4 N–H and O–H groups in total. The summed E-state index contributed by atoms with van der Waals surface area (Å²) in [6, 6.07) is 5.92. The van der Waals surface area contributed by atoms with Crippen molar-refractivity contribution in [3.63, 3.8) is 0 Å². The van der Waals surface area contributed by atoms with Crippen molar-refractivity contribution in [3.8, 4) is 0 Å². The largest absolute Gasteiger partial charge is 0.481 e. The highest BCUT2D eigenvalue weighted by Crippen LogP contribution is 2.29. The van der Waals surface area contributed by atoms with E-state index in [4.69, 9.17) is 15.2 Å². The van der Waals surface area contributed by atoms with Gasteiger partial charge in [-0.25, -0.2) is 4.79 Å². The summed E-state index contributed by atoms with van der Waals surface area (Å²) in [6.45, 7) is 8.26. The lowest BCUT2D eigenvalue weighted by Gasteiger charge is -2.35. The van der Waals surface area contributed by atoms with Gasteiger partial charge in [-0.2, -0.15) is 0 Å². The summed E-state index contributed by atoms with van der Waals surface area (Å²) in [7, 11) is 0. The van der Waals surface area contributed by atoms with Crippen molar-refractivity contribution in [2.75, 3.05) is 6.54 Å². The molecule has 0 saturated carbocycles. The number of carboxylic acid groups (broad SMARTS) is 1. The normalized spacial score (nSPS) is 19.5. The van der Waals surface area contributed by atoms with Crippen LogP contribution in [0.15, 0.2) is 30.3 Å². The number of benzene rings is 1. The van der Waals surface area contributed by atoms with Crippen LogP contribution in [0.1, 0.15) is 53.0 Å². The Morgan fingerprint density at radius 1 is 1.11 bits per heavy atom. The van der Waals surface area contributed by atoms with Crippen molar-refractivity contribution >= 4 is 29.7 Å². The van der Waals surface area contributed by atoms with Crippen molar-refractivity contribution < 1.29 is 38.6 Å². The molecule has 210 valence electrons. The summed E-state index contributed by atoms with van der Waals surface area (Å²) >= 11 is 0. The standard InChI is InChI=1S/C27H39N3O8/c1-15(2)23(28)26(35)30-12-11-20(37-17(5)31)24(30)21(14-22(32)33)38-27(36)19(29-25(34)16(3)4)13-18-9-7-6-8-10-18/h6-10,15-16,19-21,23-24H,11-14,28H2,1-5H3,(H,29,34)(H,32,33)/t19-,20+,21-,23-,24-/m0/s1. The number of ether oxygens (including phenoxy) is 2. The number of nitrogens with two attached hydrogens (primary N) is 1. The molecule has 1 heterocycles. The Morgan fingerprint density at radius 2 is 1.74 bits per heavy atom. The summed E-state index contributed by atoms with van der Waals surface area (Å²) in [5.74, 6) is -4.21. The van der Waals surface area contributed by atoms with E-state index in [1.54, 1.807) is 52.0 Å². The monoisotopic (exact) mass is 533 g/mol. The van der Waals surface area contributed by atoms with Gasteiger partial charge in [-0.05, 0) is 11.5 Å². The van der Waals surface area contributed by atoms with E-state index in [1.165, 1.54) is 11.8 Å². The van der Waals surface area contributed by atoms with Crippen LogP contribution in [0, 0.1) is 11.8 Å². The molecule has 11 nitrogen and oxygen atoms in total. The van der Waals surface area contributed by atoms with Gasteiger partial charge >= 0.3 is 17.9 Å². The molecular weight excluding hydrogens is 494 g/mol. The summed E-state index contributed by atoms with van der Waals surface area (Å²) in [5, 5.41) is 12.3. The highest BCUT2D eigenvalue weighted by atomic mass is 16.6. The molecule has 1 aromatic rings. The smallest absolute Gasteiger partial charge is 0.329 e. The second kappa shape index (κ2) is 13.9. The molecule has 0 unspecified atom stereocenters. The SMILES string of the molecule is CC(=O)O[C@@H]1CCN(C(=O)[C@@H](N)C(C)C)[C@@H]1[C@H](CC(=O)O)OC(=O)[C@H](Cc1ccccc1)NC(=O)C(C)C. The van der Waals surface area contributed by atoms with E-state index in [1.807, 2.05) is 6.07 Å². The molecule has 2 rings (SSSR count). The number of rotatable bonds is 12. The number of nitrogens with one attached hydrogen (secondary N) is 1. The molecule has 0 aromatic heterocycles. The van der Waals surface area contributed by atoms with Gasteiger partial charge in [0.25, 0.3) is 0 Å². The maximum Gasteiger partial charge on any atom is 0.329 e. The zero-order valence-corrected chi connectivity index (χ0v) is 22.6. The first kappa shape index (κ1) is 30.8. The van der Waals surface area contributed by atoms with Crippen LogP contribution in [-0.4, -0.2) is 76.6 Å². The molecule has 0 aliphatic carbocycles. The summed E-state index contributed by atoms with van der Waals surface area (Å²) in [5.41, 5.74) is 6.85. The number of likely N-dealkylation sites (tertiary alicyclic amines) is 1. The molecule has 5 atom stereocenters. The first-order valence-corrected chi connectivity index (χ1v) is 12.8. The van der Waals surface area contributed by atoms with Crippen LogP contribution in [0.25, 0.3) is 0 Å². The Balaban J connectivity index is 2.41. The molecule has 1 aliphatic heterocycles. The van der Waals surface area contributed by atoms with E-state index in [9.17, 15) is 29.1 Å².